The Hall–Kier alpha value is -2.95. The van der Waals surface area contributed by atoms with Crippen molar-refractivity contribution in [1.82, 2.24) is 15.5 Å². The average molecular weight is 363 g/mol. The lowest BCUT2D eigenvalue weighted by Crippen LogP contribution is -2.27. The second kappa shape index (κ2) is 7.35. The molecule has 0 aliphatic heterocycles. The lowest BCUT2D eigenvalue weighted by atomic mass is 9.86. The smallest absolute Gasteiger partial charge is 0.251 e. The van der Waals surface area contributed by atoms with Crippen molar-refractivity contribution < 1.29 is 9.32 Å². The normalized spacial score (nSPS) is 12.6. The van der Waals surface area contributed by atoms with Gasteiger partial charge in [-0.05, 0) is 42.5 Å². The zero-order valence-electron chi connectivity index (χ0n) is 16.4. The molecule has 1 amide bonds. The van der Waals surface area contributed by atoms with Gasteiger partial charge in [0.25, 0.3) is 5.91 Å². The molecule has 5 nitrogen and oxygen atoms in total. The summed E-state index contributed by atoms with van der Waals surface area (Å²) in [4.78, 5) is 17.0. The summed E-state index contributed by atoms with van der Waals surface area (Å²) >= 11 is 0. The van der Waals surface area contributed by atoms with E-state index in [1.165, 1.54) is 5.56 Å². The number of amides is 1. The van der Waals surface area contributed by atoms with Crippen LogP contribution in [0.1, 0.15) is 61.1 Å². The van der Waals surface area contributed by atoms with Gasteiger partial charge in [-0.15, -0.1) is 0 Å². The Bertz CT molecular complexity index is 937. The first-order valence-electron chi connectivity index (χ1n) is 9.07. The van der Waals surface area contributed by atoms with Gasteiger partial charge in [0.1, 0.15) is 6.04 Å². The molecule has 5 heteroatoms. The minimum Gasteiger partial charge on any atom is -0.341 e. The maximum absolute atomic E-state index is 12.5. The highest BCUT2D eigenvalue weighted by atomic mass is 16.5. The Morgan fingerprint density at radius 3 is 2.37 bits per heavy atom. The highest BCUT2D eigenvalue weighted by Crippen LogP contribution is 2.23. The third-order valence-electron chi connectivity index (χ3n) is 4.56. The molecule has 27 heavy (non-hydrogen) atoms. The number of nitrogens with one attached hydrogen (secondary N) is 1. The van der Waals surface area contributed by atoms with Crippen LogP contribution < -0.4 is 5.32 Å². The fraction of sp³-hybridized carbons (Fsp3) is 0.318. The van der Waals surface area contributed by atoms with Crippen LogP contribution in [0.5, 0.6) is 0 Å². The summed E-state index contributed by atoms with van der Waals surface area (Å²) < 4.78 is 5.36. The highest BCUT2D eigenvalue weighted by Gasteiger charge is 2.19. The van der Waals surface area contributed by atoms with E-state index in [2.05, 4.69) is 36.2 Å². The Morgan fingerprint density at radius 1 is 1.07 bits per heavy atom. The number of aromatic nitrogens is 2. The summed E-state index contributed by atoms with van der Waals surface area (Å²) in [6.07, 6.45) is 0. The molecule has 0 aliphatic rings. The fourth-order valence-corrected chi connectivity index (χ4v) is 2.81. The first-order valence-corrected chi connectivity index (χ1v) is 9.07. The minimum atomic E-state index is -0.384. The molecule has 1 atom stereocenters. The van der Waals surface area contributed by atoms with E-state index in [0.717, 1.165) is 11.1 Å². The van der Waals surface area contributed by atoms with Gasteiger partial charge in [0.05, 0.1) is 0 Å². The molecule has 0 saturated carbocycles. The number of hydrogen-bond acceptors (Lipinski definition) is 4. The SMILES string of the molecule is Cc1ccccc1-c1noc(C(C)NC(=O)c2ccc(C(C)(C)C)cc2)n1. The topological polar surface area (TPSA) is 68.0 Å². The zero-order chi connectivity index (χ0) is 19.6. The number of carbonyl (C=O) groups is 1. The molecular weight excluding hydrogens is 338 g/mol. The summed E-state index contributed by atoms with van der Waals surface area (Å²) in [6.45, 7) is 10.3. The maximum atomic E-state index is 12.5. The molecule has 1 aromatic heterocycles. The summed E-state index contributed by atoms with van der Waals surface area (Å²) in [7, 11) is 0. The number of benzene rings is 2. The van der Waals surface area contributed by atoms with Crippen LogP contribution in [0.15, 0.2) is 53.1 Å². The van der Waals surface area contributed by atoms with E-state index in [0.29, 0.717) is 17.3 Å². The largest absolute Gasteiger partial charge is 0.341 e. The second-order valence-electron chi connectivity index (χ2n) is 7.79. The quantitative estimate of drug-likeness (QED) is 0.720. The number of nitrogens with zero attached hydrogens (tertiary/aromatic N) is 2. The van der Waals surface area contributed by atoms with Crippen LogP contribution in [0, 0.1) is 6.92 Å². The summed E-state index contributed by atoms with van der Waals surface area (Å²) in [5, 5.41) is 6.96. The molecule has 2 aromatic carbocycles. The van der Waals surface area contributed by atoms with Gasteiger partial charge in [-0.3, -0.25) is 4.79 Å². The van der Waals surface area contributed by atoms with Gasteiger partial charge < -0.3 is 9.84 Å². The summed E-state index contributed by atoms with van der Waals surface area (Å²) in [5.41, 5.74) is 3.84. The minimum absolute atomic E-state index is 0.0536. The van der Waals surface area contributed by atoms with Crippen LogP contribution in [0.3, 0.4) is 0 Å². The Balaban J connectivity index is 1.71. The lowest BCUT2D eigenvalue weighted by Gasteiger charge is -2.19. The molecule has 0 radical (unpaired) electrons. The molecule has 0 aliphatic carbocycles. The van der Waals surface area contributed by atoms with Gasteiger partial charge in [0, 0.05) is 11.1 Å². The molecule has 3 rings (SSSR count). The van der Waals surface area contributed by atoms with Gasteiger partial charge >= 0.3 is 0 Å². The predicted molar refractivity (Wildman–Crippen MR) is 105 cm³/mol. The zero-order valence-corrected chi connectivity index (χ0v) is 16.4. The maximum Gasteiger partial charge on any atom is 0.251 e. The first-order chi connectivity index (χ1) is 12.8. The molecular formula is C22H25N3O2. The van der Waals surface area contributed by atoms with Crippen LogP contribution in [0.4, 0.5) is 0 Å². The Kier molecular flexibility index (Phi) is 5.13. The van der Waals surface area contributed by atoms with Crippen molar-refractivity contribution in [2.45, 2.75) is 46.1 Å². The van der Waals surface area contributed by atoms with Gasteiger partial charge in [-0.2, -0.15) is 4.98 Å². The molecule has 0 spiro atoms. The number of aryl methyl sites for hydroxylation is 1. The van der Waals surface area contributed by atoms with Crippen LogP contribution >= 0.6 is 0 Å². The molecule has 1 unspecified atom stereocenters. The lowest BCUT2D eigenvalue weighted by molar-refractivity contribution is 0.0932. The molecule has 1 N–H and O–H groups in total. The first kappa shape index (κ1) is 18.8. The molecule has 1 heterocycles. The van der Waals surface area contributed by atoms with Gasteiger partial charge in [-0.1, -0.05) is 62.3 Å². The van der Waals surface area contributed by atoms with Crippen molar-refractivity contribution >= 4 is 5.91 Å². The number of carbonyl (C=O) groups excluding carboxylic acids is 1. The van der Waals surface area contributed by atoms with E-state index < -0.39 is 0 Å². The van der Waals surface area contributed by atoms with Gasteiger partial charge in [0.15, 0.2) is 0 Å². The third-order valence-corrected chi connectivity index (χ3v) is 4.56. The second-order valence-corrected chi connectivity index (χ2v) is 7.79. The fourth-order valence-electron chi connectivity index (χ4n) is 2.81. The molecule has 0 bridgehead atoms. The Labute approximate surface area is 159 Å². The van der Waals surface area contributed by atoms with E-state index in [-0.39, 0.29) is 17.4 Å². The van der Waals surface area contributed by atoms with Gasteiger partial charge in [0.2, 0.25) is 11.7 Å². The third kappa shape index (κ3) is 4.25. The van der Waals surface area contributed by atoms with Crippen LogP contribution in [0.2, 0.25) is 0 Å². The van der Waals surface area contributed by atoms with Gasteiger partial charge in [-0.25, -0.2) is 0 Å². The van der Waals surface area contributed by atoms with Crippen molar-refractivity contribution in [3.05, 3.63) is 71.1 Å². The Morgan fingerprint density at radius 2 is 1.74 bits per heavy atom. The highest BCUT2D eigenvalue weighted by molar-refractivity contribution is 5.94. The molecule has 0 saturated heterocycles. The van der Waals surface area contributed by atoms with E-state index >= 15 is 0 Å². The number of rotatable bonds is 4. The summed E-state index contributed by atoms with van der Waals surface area (Å²) in [6, 6.07) is 15.1. The van der Waals surface area contributed by atoms with Crippen molar-refractivity contribution in [3.63, 3.8) is 0 Å². The van der Waals surface area contributed by atoms with Crippen molar-refractivity contribution in [1.29, 1.82) is 0 Å². The summed E-state index contributed by atoms with van der Waals surface area (Å²) in [5.74, 6) is 0.741. The molecule has 0 fully saturated rings. The van der Waals surface area contributed by atoms with E-state index in [9.17, 15) is 4.79 Å². The molecule has 3 aromatic rings. The van der Waals surface area contributed by atoms with Crippen molar-refractivity contribution in [2.75, 3.05) is 0 Å². The van der Waals surface area contributed by atoms with Crippen molar-refractivity contribution in [3.8, 4) is 11.4 Å². The van der Waals surface area contributed by atoms with Crippen molar-refractivity contribution in [2.24, 2.45) is 0 Å². The number of hydrogen-bond donors (Lipinski definition) is 1. The van der Waals surface area contributed by atoms with Crippen LogP contribution in [-0.2, 0) is 5.41 Å². The van der Waals surface area contributed by atoms with E-state index in [1.807, 2.05) is 62.4 Å². The monoisotopic (exact) mass is 363 g/mol. The average Bonchev–Trinajstić information content (AvgIpc) is 3.11. The molecule has 140 valence electrons. The predicted octanol–water partition coefficient (Wildman–Crippen LogP) is 4.83. The van der Waals surface area contributed by atoms with E-state index in [1.54, 1.807) is 0 Å². The van der Waals surface area contributed by atoms with E-state index in [4.69, 9.17) is 4.52 Å². The van der Waals surface area contributed by atoms with Crippen LogP contribution in [0.25, 0.3) is 11.4 Å². The van der Waals surface area contributed by atoms with Crippen LogP contribution in [-0.4, -0.2) is 16.0 Å². The standard InChI is InChI=1S/C22H25N3O2/c1-14-8-6-7-9-18(14)19-24-21(27-25-19)15(2)23-20(26)16-10-12-17(13-11-16)22(3,4)5/h6-13,15H,1-5H3,(H,23,26).